The highest BCUT2D eigenvalue weighted by atomic mass is 79.9. The van der Waals surface area contributed by atoms with Crippen LogP contribution in [0.1, 0.15) is 6.42 Å². The molecule has 0 saturated carbocycles. The van der Waals surface area contributed by atoms with Gasteiger partial charge in [0.15, 0.2) is 5.75 Å². The van der Waals surface area contributed by atoms with Crippen molar-refractivity contribution in [3.8, 4) is 5.75 Å². The molecule has 0 aliphatic heterocycles. The summed E-state index contributed by atoms with van der Waals surface area (Å²) in [5.74, 6) is 1.96. The Hall–Kier alpha value is -0.220. The Bertz CT molecular complexity index is 257. The van der Waals surface area contributed by atoms with Crippen molar-refractivity contribution in [3.05, 3.63) is 22.9 Å². The van der Waals surface area contributed by atoms with Gasteiger partial charge in [-0.1, -0.05) is 0 Å². The molecule has 1 aromatic rings. The Balaban J connectivity index is 2.32. The third-order valence-corrected chi connectivity index (χ3v) is 2.77. The molecule has 0 bridgehead atoms. The molecule has 72 valence electrons. The van der Waals surface area contributed by atoms with E-state index in [-0.39, 0.29) is 0 Å². The molecule has 0 amide bonds. The normalized spacial score (nSPS) is 10.0. The Kier molecular flexibility index (Phi) is 5.23. The van der Waals surface area contributed by atoms with Crippen LogP contribution in [-0.2, 0) is 0 Å². The topological polar surface area (TPSA) is 22.1 Å². The largest absolute Gasteiger partial charge is 0.491 e. The standard InChI is InChI=1S/C9H12BrNOS/c1-13-7-3-6-12-8-4-2-5-11-9(8)10/h2,4-5H,3,6-7H2,1H3. The van der Waals surface area contributed by atoms with Crippen LogP contribution < -0.4 is 4.74 Å². The summed E-state index contributed by atoms with van der Waals surface area (Å²) in [7, 11) is 0. The summed E-state index contributed by atoms with van der Waals surface area (Å²) in [4.78, 5) is 4.06. The number of halogens is 1. The van der Waals surface area contributed by atoms with Gasteiger partial charge >= 0.3 is 0 Å². The van der Waals surface area contributed by atoms with Crippen LogP contribution in [0.15, 0.2) is 22.9 Å². The monoisotopic (exact) mass is 261 g/mol. The Morgan fingerprint density at radius 1 is 1.62 bits per heavy atom. The Morgan fingerprint density at radius 3 is 3.15 bits per heavy atom. The van der Waals surface area contributed by atoms with Gasteiger partial charge in [0.1, 0.15) is 4.60 Å². The molecule has 0 spiro atoms. The predicted octanol–water partition coefficient (Wildman–Crippen LogP) is 2.98. The van der Waals surface area contributed by atoms with E-state index in [1.165, 1.54) is 0 Å². The lowest BCUT2D eigenvalue weighted by Gasteiger charge is -2.05. The second-order valence-electron chi connectivity index (χ2n) is 2.49. The summed E-state index contributed by atoms with van der Waals surface area (Å²) in [6.07, 6.45) is 4.90. The molecule has 0 fully saturated rings. The van der Waals surface area contributed by atoms with Crippen molar-refractivity contribution in [1.29, 1.82) is 0 Å². The van der Waals surface area contributed by atoms with E-state index < -0.39 is 0 Å². The maximum atomic E-state index is 5.52. The van der Waals surface area contributed by atoms with E-state index in [1.807, 2.05) is 23.9 Å². The van der Waals surface area contributed by atoms with Crippen LogP contribution in [-0.4, -0.2) is 23.6 Å². The second kappa shape index (κ2) is 6.27. The SMILES string of the molecule is CSCCCOc1cccnc1Br. The first kappa shape index (κ1) is 10.9. The summed E-state index contributed by atoms with van der Waals surface area (Å²) < 4.78 is 6.29. The summed E-state index contributed by atoms with van der Waals surface area (Å²) in [6.45, 7) is 0.755. The van der Waals surface area contributed by atoms with Gasteiger partial charge in [-0.2, -0.15) is 11.8 Å². The van der Waals surface area contributed by atoms with E-state index in [4.69, 9.17) is 4.74 Å². The van der Waals surface area contributed by atoms with E-state index >= 15 is 0 Å². The van der Waals surface area contributed by atoms with Crippen LogP contribution in [0, 0.1) is 0 Å². The highest BCUT2D eigenvalue weighted by Gasteiger charge is 1.99. The highest BCUT2D eigenvalue weighted by Crippen LogP contribution is 2.20. The smallest absolute Gasteiger partial charge is 0.152 e. The molecule has 0 radical (unpaired) electrons. The summed E-state index contributed by atoms with van der Waals surface area (Å²) in [6, 6.07) is 3.78. The number of ether oxygens (including phenoxy) is 1. The number of hydrogen-bond donors (Lipinski definition) is 0. The quantitative estimate of drug-likeness (QED) is 0.601. The van der Waals surface area contributed by atoms with Gasteiger partial charge in [-0.25, -0.2) is 4.98 Å². The van der Waals surface area contributed by atoms with Gasteiger partial charge in [0.25, 0.3) is 0 Å². The van der Waals surface area contributed by atoms with Gasteiger partial charge in [-0.05, 0) is 46.5 Å². The fourth-order valence-electron chi connectivity index (χ4n) is 0.864. The number of hydrogen-bond acceptors (Lipinski definition) is 3. The van der Waals surface area contributed by atoms with Gasteiger partial charge in [0.2, 0.25) is 0 Å². The third-order valence-electron chi connectivity index (χ3n) is 1.48. The molecular weight excluding hydrogens is 250 g/mol. The van der Waals surface area contributed by atoms with E-state index in [9.17, 15) is 0 Å². The molecule has 2 nitrogen and oxygen atoms in total. The second-order valence-corrected chi connectivity index (χ2v) is 4.22. The zero-order valence-corrected chi connectivity index (χ0v) is 9.90. The molecule has 13 heavy (non-hydrogen) atoms. The minimum Gasteiger partial charge on any atom is -0.491 e. The van der Waals surface area contributed by atoms with Crippen molar-refractivity contribution in [3.63, 3.8) is 0 Å². The summed E-state index contributed by atoms with van der Waals surface area (Å²) in [5.41, 5.74) is 0. The number of nitrogens with zero attached hydrogens (tertiary/aromatic N) is 1. The molecule has 0 aromatic carbocycles. The minimum atomic E-state index is 0.755. The number of rotatable bonds is 5. The van der Waals surface area contributed by atoms with Crippen LogP contribution in [0.5, 0.6) is 5.75 Å². The molecule has 0 aliphatic carbocycles. The predicted molar refractivity (Wildman–Crippen MR) is 60.4 cm³/mol. The fourth-order valence-corrected chi connectivity index (χ4v) is 1.64. The molecular formula is C9H12BrNOS. The first-order valence-corrected chi connectivity index (χ1v) is 6.25. The zero-order valence-electron chi connectivity index (χ0n) is 7.50. The average Bonchev–Trinajstić information content (AvgIpc) is 2.15. The van der Waals surface area contributed by atoms with Gasteiger partial charge in [0.05, 0.1) is 6.61 Å². The van der Waals surface area contributed by atoms with Crippen molar-refractivity contribution in [1.82, 2.24) is 4.98 Å². The average molecular weight is 262 g/mol. The van der Waals surface area contributed by atoms with Crippen molar-refractivity contribution >= 4 is 27.7 Å². The number of pyridine rings is 1. The zero-order chi connectivity index (χ0) is 9.52. The van der Waals surface area contributed by atoms with Crippen molar-refractivity contribution in [2.24, 2.45) is 0 Å². The summed E-state index contributed by atoms with van der Waals surface area (Å²) >= 11 is 5.16. The molecule has 0 N–H and O–H groups in total. The Morgan fingerprint density at radius 2 is 2.46 bits per heavy atom. The van der Waals surface area contributed by atoms with Crippen LogP contribution in [0.25, 0.3) is 0 Å². The van der Waals surface area contributed by atoms with E-state index in [0.717, 1.165) is 29.1 Å². The molecule has 0 saturated heterocycles. The maximum absolute atomic E-state index is 5.52. The molecule has 1 rings (SSSR count). The minimum absolute atomic E-state index is 0.755. The molecule has 1 heterocycles. The molecule has 0 unspecified atom stereocenters. The van der Waals surface area contributed by atoms with Crippen LogP contribution in [0.4, 0.5) is 0 Å². The maximum Gasteiger partial charge on any atom is 0.152 e. The first-order valence-electron chi connectivity index (χ1n) is 4.07. The van der Waals surface area contributed by atoms with E-state index in [2.05, 4.69) is 27.2 Å². The number of aromatic nitrogens is 1. The van der Waals surface area contributed by atoms with Crippen molar-refractivity contribution in [2.45, 2.75) is 6.42 Å². The highest BCUT2D eigenvalue weighted by molar-refractivity contribution is 9.10. The van der Waals surface area contributed by atoms with Crippen LogP contribution >= 0.6 is 27.7 Å². The summed E-state index contributed by atoms with van der Waals surface area (Å²) in [5, 5.41) is 0. The van der Waals surface area contributed by atoms with E-state index in [0.29, 0.717) is 0 Å². The lowest BCUT2D eigenvalue weighted by molar-refractivity contribution is 0.315. The van der Waals surface area contributed by atoms with Crippen LogP contribution in [0.2, 0.25) is 0 Å². The van der Waals surface area contributed by atoms with Crippen LogP contribution in [0.3, 0.4) is 0 Å². The first-order chi connectivity index (χ1) is 6.34. The molecule has 4 heteroatoms. The fraction of sp³-hybridized carbons (Fsp3) is 0.444. The lowest BCUT2D eigenvalue weighted by atomic mass is 10.4. The van der Waals surface area contributed by atoms with Gasteiger partial charge < -0.3 is 4.74 Å². The molecule has 0 aliphatic rings. The lowest BCUT2D eigenvalue weighted by Crippen LogP contribution is -1.99. The number of thioether (sulfide) groups is 1. The van der Waals surface area contributed by atoms with Crippen molar-refractivity contribution < 1.29 is 4.74 Å². The molecule has 0 atom stereocenters. The van der Waals surface area contributed by atoms with Gasteiger partial charge in [-0.3, -0.25) is 0 Å². The molecule has 1 aromatic heterocycles. The third kappa shape index (κ3) is 4.00. The Labute approximate surface area is 91.2 Å². The van der Waals surface area contributed by atoms with Gasteiger partial charge in [-0.15, -0.1) is 0 Å². The van der Waals surface area contributed by atoms with Crippen molar-refractivity contribution in [2.75, 3.05) is 18.6 Å². The van der Waals surface area contributed by atoms with Gasteiger partial charge in [0, 0.05) is 6.20 Å². The van der Waals surface area contributed by atoms with E-state index in [1.54, 1.807) is 6.20 Å².